The first kappa shape index (κ1) is 16.4. The number of amides is 2. The van der Waals surface area contributed by atoms with Gasteiger partial charge in [-0.05, 0) is 19.8 Å². The van der Waals surface area contributed by atoms with Crippen LogP contribution >= 0.6 is 0 Å². The molecule has 1 rings (SSSR count). The summed E-state index contributed by atoms with van der Waals surface area (Å²) in [7, 11) is -0.829. The van der Waals surface area contributed by atoms with Crippen molar-refractivity contribution in [1.29, 1.82) is 0 Å². The van der Waals surface area contributed by atoms with E-state index in [9.17, 15) is 9.00 Å². The molecule has 1 aliphatic rings. The van der Waals surface area contributed by atoms with Crippen LogP contribution in [0.2, 0.25) is 0 Å². The van der Waals surface area contributed by atoms with E-state index in [0.717, 1.165) is 12.8 Å². The lowest BCUT2D eigenvalue weighted by Crippen LogP contribution is -2.54. The number of hydrogen-bond donors (Lipinski definition) is 1. The van der Waals surface area contributed by atoms with Crippen molar-refractivity contribution < 1.29 is 13.7 Å². The first-order valence-electron chi connectivity index (χ1n) is 6.87. The molecule has 0 spiro atoms. The highest BCUT2D eigenvalue weighted by Crippen LogP contribution is 2.20. The average Bonchev–Trinajstić information content (AvgIpc) is 2.38. The monoisotopic (exact) mass is 290 g/mol. The number of rotatable bonds is 5. The van der Waals surface area contributed by atoms with Gasteiger partial charge in [-0.2, -0.15) is 0 Å². The smallest absolute Gasteiger partial charge is 0.317 e. The van der Waals surface area contributed by atoms with Gasteiger partial charge in [0.05, 0.1) is 18.8 Å². The Hall–Kier alpha value is -0.620. The van der Waals surface area contributed by atoms with Crippen LogP contribution in [0.1, 0.15) is 33.6 Å². The second-order valence-electron chi connectivity index (χ2n) is 5.40. The lowest BCUT2D eigenvalue weighted by molar-refractivity contribution is -0.0872. The number of morpholine rings is 1. The molecule has 1 fully saturated rings. The minimum atomic E-state index is -0.829. The van der Waals surface area contributed by atoms with Gasteiger partial charge < -0.3 is 15.0 Å². The quantitative estimate of drug-likeness (QED) is 0.831. The van der Waals surface area contributed by atoms with Crippen LogP contribution in [-0.2, 0) is 15.5 Å². The maximum Gasteiger partial charge on any atom is 0.317 e. The molecule has 1 saturated heterocycles. The third-order valence-corrected chi connectivity index (χ3v) is 5.13. The molecule has 0 radical (unpaired) electrons. The van der Waals surface area contributed by atoms with Crippen LogP contribution < -0.4 is 5.32 Å². The fraction of sp³-hybridized carbons (Fsp3) is 0.923. The highest BCUT2D eigenvalue weighted by Gasteiger charge is 2.32. The molecule has 1 aliphatic heterocycles. The summed E-state index contributed by atoms with van der Waals surface area (Å²) in [4.78, 5) is 13.8. The van der Waals surface area contributed by atoms with E-state index in [1.165, 1.54) is 0 Å². The number of nitrogens with zero attached hydrogens (tertiary/aromatic N) is 1. The predicted molar refractivity (Wildman–Crippen MR) is 77.8 cm³/mol. The van der Waals surface area contributed by atoms with Crippen LogP contribution in [0, 0.1) is 0 Å². The van der Waals surface area contributed by atoms with Gasteiger partial charge in [0, 0.05) is 35.4 Å². The molecule has 0 saturated carbocycles. The summed E-state index contributed by atoms with van der Waals surface area (Å²) in [6.07, 6.45) is 3.33. The second kappa shape index (κ2) is 7.24. The molecule has 5 nitrogen and oxygen atoms in total. The largest absolute Gasteiger partial charge is 0.372 e. The van der Waals surface area contributed by atoms with Crippen LogP contribution in [0.15, 0.2) is 0 Å². The Labute approximate surface area is 118 Å². The molecule has 1 N–H and O–H groups in total. The van der Waals surface area contributed by atoms with Gasteiger partial charge >= 0.3 is 6.03 Å². The standard InChI is InChI=1S/C13H26N2O3S/c1-5-13(3)10-15(8-9-18-13)12(16)14-7-6-11(2)19(4)17/h11H,5-10H2,1-4H3,(H,14,16)/t11-,13+,19-/m0/s1. The topological polar surface area (TPSA) is 58.6 Å². The molecule has 19 heavy (non-hydrogen) atoms. The van der Waals surface area contributed by atoms with Gasteiger partial charge in [0.2, 0.25) is 0 Å². The van der Waals surface area contributed by atoms with Crippen LogP contribution in [0.4, 0.5) is 4.79 Å². The van der Waals surface area contributed by atoms with Crippen LogP contribution in [0.25, 0.3) is 0 Å². The molecule has 2 amide bonds. The molecular formula is C13H26N2O3S. The van der Waals surface area contributed by atoms with Crippen molar-refractivity contribution in [3.05, 3.63) is 0 Å². The third-order valence-electron chi connectivity index (χ3n) is 3.77. The zero-order valence-electron chi connectivity index (χ0n) is 12.4. The molecule has 0 aromatic rings. The summed E-state index contributed by atoms with van der Waals surface area (Å²) in [6, 6.07) is -0.0444. The van der Waals surface area contributed by atoms with E-state index >= 15 is 0 Å². The average molecular weight is 290 g/mol. The molecule has 0 unspecified atom stereocenters. The van der Waals surface area contributed by atoms with Crippen LogP contribution in [0.3, 0.4) is 0 Å². The molecule has 6 heteroatoms. The maximum absolute atomic E-state index is 12.0. The molecule has 1 heterocycles. The minimum absolute atomic E-state index is 0.0444. The van der Waals surface area contributed by atoms with Gasteiger partial charge in [-0.15, -0.1) is 0 Å². The lowest BCUT2D eigenvalue weighted by atomic mass is 10.0. The van der Waals surface area contributed by atoms with Crippen molar-refractivity contribution in [3.8, 4) is 0 Å². The van der Waals surface area contributed by atoms with Gasteiger partial charge in [0.1, 0.15) is 0 Å². The Balaban J connectivity index is 2.35. The van der Waals surface area contributed by atoms with Gasteiger partial charge in [0.15, 0.2) is 0 Å². The highest BCUT2D eigenvalue weighted by atomic mass is 32.2. The Morgan fingerprint density at radius 2 is 2.26 bits per heavy atom. The van der Waals surface area contributed by atoms with Crippen molar-refractivity contribution >= 4 is 16.8 Å². The molecular weight excluding hydrogens is 264 g/mol. The Morgan fingerprint density at radius 1 is 1.58 bits per heavy atom. The van der Waals surface area contributed by atoms with E-state index in [4.69, 9.17) is 4.74 Å². The Kier molecular flexibility index (Phi) is 6.26. The van der Waals surface area contributed by atoms with Crippen LogP contribution in [0.5, 0.6) is 0 Å². The number of nitrogens with one attached hydrogen (secondary N) is 1. The summed E-state index contributed by atoms with van der Waals surface area (Å²) in [5.41, 5.74) is -0.228. The minimum Gasteiger partial charge on any atom is -0.372 e. The predicted octanol–water partition coefficient (Wildman–Crippen LogP) is 1.35. The summed E-state index contributed by atoms with van der Waals surface area (Å²) in [5, 5.41) is 3.01. The molecule has 0 bridgehead atoms. The number of ether oxygens (including phenoxy) is 1. The van der Waals surface area contributed by atoms with E-state index in [2.05, 4.69) is 12.2 Å². The zero-order valence-corrected chi connectivity index (χ0v) is 13.2. The first-order valence-corrected chi connectivity index (χ1v) is 8.49. The van der Waals surface area contributed by atoms with Crippen molar-refractivity contribution in [2.45, 2.75) is 44.5 Å². The molecule has 0 aromatic carbocycles. The summed E-state index contributed by atoms with van der Waals surface area (Å²) >= 11 is 0. The summed E-state index contributed by atoms with van der Waals surface area (Å²) in [6.45, 7) is 8.47. The maximum atomic E-state index is 12.0. The molecule has 112 valence electrons. The third kappa shape index (κ3) is 5.10. The fourth-order valence-electron chi connectivity index (χ4n) is 1.98. The molecule has 0 aliphatic carbocycles. The van der Waals surface area contributed by atoms with Gasteiger partial charge in [-0.3, -0.25) is 4.21 Å². The van der Waals surface area contributed by atoms with Gasteiger partial charge in [0.25, 0.3) is 0 Å². The summed E-state index contributed by atoms with van der Waals surface area (Å²) < 4.78 is 16.9. The van der Waals surface area contributed by atoms with Crippen LogP contribution in [-0.4, -0.2) is 58.5 Å². The van der Waals surface area contributed by atoms with Crippen molar-refractivity contribution in [2.24, 2.45) is 0 Å². The second-order valence-corrected chi connectivity index (χ2v) is 7.21. The van der Waals surface area contributed by atoms with Gasteiger partial charge in [-0.25, -0.2) is 4.79 Å². The number of hydrogen-bond acceptors (Lipinski definition) is 3. The van der Waals surface area contributed by atoms with Crippen molar-refractivity contribution in [1.82, 2.24) is 10.2 Å². The van der Waals surface area contributed by atoms with Gasteiger partial charge in [-0.1, -0.05) is 13.8 Å². The molecule has 3 atom stereocenters. The molecule has 0 aromatic heterocycles. The van der Waals surface area contributed by atoms with E-state index in [1.54, 1.807) is 11.2 Å². The Bertz CT molecular complexity index is 338. The van der Waals surface area contributed by atoms with Crippen molar-refractivity contribution in [2.75, 3.05) is 32.5 Å². The van der Waals surface area contributed by atoms with E-state index in [1.807, 2.05) is 13.8 Å². The summed E-state index contributed by atoms with van der Waals surface area (Å²) in [5.74, 6) is 0. The fourth-order valence-corrected chi connectivity index (χ4v) is 2.43. The van der Waals surface area contributed by atoms with E-state index in [-0.39, 0.29) is 16.9 Å². The number of urea groups is 1. The zero-order chi connectivity index (χ0) is 14.5. The van der Waals surface area contributed by atoms with E-state index < -0.39 is 10.8 Å². The normalized spacial score (nSPS) is 26.8. The van der Waals surface area contributed by atoms with Crippen molar-refractivity contribution in [3.63, 3.8) is 0 Å². The lowest BCUT2D eigenvalue weighted by Gasteiger charge is -2.39. The number of carbonyl (C=O) groups excluding carboxylic acids is 1. The van der Waals surface area contributed by atoms with E-state index in [0.29, 0.717) is 26.2 Å². The Morgan fingerprint density at radius 3 is 2.84 bits per heavy atom. The number of carbonyl (C=O) groups is 1. The first-order chi connectivity index (χ1) is 8.88. The SMILES string of the molecule is CC[C@]1(C)CN(C(=O)NCC[C@H](C)[S@](C)=O)CCO1. The highest BCUT2D eigenvalue weighted by molar-refractivity contribution is 7.84.